The van der Waals surface area contributed by atoms with Crippen molar-refractivity contribution in [1.82, 2.24) is 20.2 Å². The summed E-state index contributed by atoms with van der Waals surface area (Å²) in [4.78, 5) is 22.1. The summed E-state index contributed by atoms with van der Waals surface area (Å²) < 4.78 is 0. The van der Waals surface area contributed by atoms with Crippen LogP contribution in [0.4, 0.5) is 0 Å². The number of carbonyl (C=O) groups excluding carboxylic acids is 1. The number of nitrogens with zero attached hydrogens (tertiary/aromatic N) is 3. The average molecular weight is 291 g/mol. The highest BCUT2D eigenvalue weighted by atomic mass is 35.5. The zero-order chi connectivity index (χ0) is 14.1. The Morgan fingerprint density at radius 1 is 1.45 bits per heavy atom. The third kappa shape index (κ3) is 2.34. The fourth-order valence-electron chi connectivity index (χ4n) is 2.55. The van der Waals surface area contributed by atoms with E-state index in [2.05, 4.69) is 15.3 Å². The van der Waals surface area contributed by atoms with Crippen molar-refractivity contribution in [2.75, 3.05) is 13.6 Å². The second-order valence-corrected chi connectivity index (χ2v) is 5.26. The fourth-order valence-corrected chi connectivity index (χ4v) is 2.75. The van der Waals surface area contributed by atoms with E-state index in [1.807, 2.05) is 30.1 Å². The molecule has 0 unspecified atom stereocenters. The summed E-state index contributed by atoms with van der Waals surface area (Å²) in [6.45, 7) is 1.37. The second-order valence-electron chi connectivity index (χ2n) is 4.91. The molecule has 1 saturated heterocycles. The lowest BCUT2D eigenvalue weighted by Gasteiger charge is -2.17. The molecule has 6 heteroatoms. The van der Waals surface area contributed by atoms with Gasteiger partial charge in [0.2, 0.25) is 5.91 Å². The smallest absolute Gasteiger partial charge is 0.240 e. The van der Waals surface area contributed by atoms with Crippen LogP contribution in [0.2, 0.25) is 5.15 Å². The van der Waals surface area contributed by atoms with Crippen LogP contribution in [0.1, 0.15) is 12.0 Å². The number of carbonyl (C=O) groups is 1. The van der Waals surface area contributed by atoms with Gasteiger partial charge in [-0.15, -0.1) is 0 Å². The first-order chi connectivity index (χ1) is 9.69. The van der Waals surface area contributed by atoms with Crippen molar-refractivity contribution >= 4 is 28.4 Å². The molecule has 1 aromatic heterocycles. The topological polar surface area (TPSA) is 58.1 Å². The molecule has 1 aromatic carbocycles. The molecule has 20 heavy (non-hydrogen) atoms. The first kappa shape index (κ1) is 13.3. The van der Waals surface area contributed by atoms with E-state index in [-0.39, 0.29) is 11.9 Å². The largest absolute Gasteiger partial charge is 0.337 e. The first-order valence-electron chi connectivity index (χ1n) is 6.54. The van der Waals surface area contributed by atoms with E-state index in [9.17, 15) is 4.79 Å². The van der Waals surface area contributed by atoms with E-state index in [1.165, 1.54) is 6.33 Å². The van der Waals surface area contributed by atoms with Gasteiger partial charge in [-0.1, -0.05) is 17.7 Å². The van der Waals surface area contributed by atoms with Crippen molar-refractivity contribution in [1.29, 1.82) is 0 Å². The molecule has 2 heterocycles. The maximum atomic E-state index is 12.1. The normalized spacial score (nSPS) is 19.0. The Bertz CT molecular complexity index is 661. The van der Waals surface area contributed by atoms with Gasteiger partial charge in [0.05, 0.1) is 11.6 Å². The number of amides is 1. The third-order valence-electron chi connectivity index (χ3n) is 3.67. The van der Waals surface area contributed by atoms with E-state index in [1.54, 1.807) is 0 Å². The van der Waals surface area contributed by atoms with Gasteiger partial charge in [0.1, 0.15) is 11.5 Å². The molecule has 1 aliphatic rings. The van der Waals surface area contributed by atoms with Gasteiger partial charge in [-0.3, -0.25) is 4.79 Å². The molecule has 0 spiro atoms. The Morgan fingerprint density at radius 3 is 3.05 bits per heavy atom. The molecule has 0 bridgehead atoms. The molecule has 0 radical (unpaired) electrons. The number of rotatable bonds is 3. The minimum absolute atomic E-state index is 0.0534. The van der Waals surface area contributed by atoms with Crippen molar-refractivity contribution in [3.8, 4) is 0 Å². The highest BCUT2D eigenvalue weighted by Gasteiger charge is 2.29. The van der Waals surface area contributed by atoms with Crippen LogP contribution >= 0.6 is 11.6 Å². The number of likely N-dealkylation sites (tertiary alicyclic amines) is 1. The number of fused-ring (bicyclic) bond motifs is 1. The van der Waals surface area contributed by atoms with Crippen molar-refractivity contribution in [3.05, 3.63) is 35.2 Å². The molecule has 104 valence electrons. The van der Waals surface area contributed by atoms with Gasteiger partial charge < -0.3 is 10.2 Å². The van der Waals surface area contributed by atoms with E-state index >= 15 is 0 Å². The standard InChI is InChI=1S/C14H15ClN4O/c1-16-12-4-5-19(14(12)20)7-9-2-3-11-10(6-9)13(15)18-8-17-11/h2-3,6,8,12,16H,4-5,7H2,1H3/t12-/m0/s1. The van der Waals surface area contributed by atoms with E-state index in [4.69, 9.17) is 11.6 Å². The second kappa shape index (κ2) is 5.34. The zero-order valence-corrected chi connectivity index (χ0v) is 11.9. The van der Waals surface area contributed by atoms with Gasteiger partial charge in [0.25, 0.3) is 0 Å². The highest BCUT2D eigenvalue weighted by molar-refractivity contribution is 6.34. The van der Waals surface area contributed by atoms with Gasteiger partial charge in [-0.2, -0.15) is 0 Å². The fraction of sp³-hybridized carbons (Fsp3) is 0.357. The summed E-state index contributed by atoms with van der Waals surface area (Å²) in [5, 5.41) is 4.30. The Kier molecular flexibility index (Phi) is 3.54. The van der Waals surface area contributed by atoms with Crippen LogP contribution in [0.15, 0.2) is 24.5 Å². The van der Waals surface area contributed by atoms with Crippen LogP contribution in [0, 0.1) is 0 Å². The lowest BCUT2D eigenvalue weighted by Crippen LogP contribution is -2.35. The molecule has 1 fully saturated rings. The van der Waals surface area contributed by atoms with Gasteiger partial charge >= 0.3 is 0 Å². The molecule has 0 aliphatic carbocycles. The SMILES string of the molecule is CN[C@H]1CCN(Cc2ccc3ncnc(Cl)c3c2)C1=O. The van der Waals surface area contributed by atoms with Crippen LogP contribution < -0.4 is 5.32 Å². The maximum Gasteiger partial charge on any atom is 0.240 e. The molecule has 1 amide bonds. The van der Waals surface area contributed by atoms with E-state index in [0.717, 1.165) is 29.4 Å². The lowest BCUT2D eigenvalue weighted by atomic mass is 10.1. The first-order valence-corrected chi connectivity index (χ1v) is 6.92. The number of hydrogen-bond donors (Lipinski definition) is 1. The Labute approximate surface area is 122 Å². The summed E-state index contributed by atoms with van der Waals surface area (Å²) in [5.74, 6) is 0.156. The molecule has 1 aliphatic heterocycles. The van der Waals surface area contributed by atoms with Gasteiger partial charge in [0, 0.05) is 18.5 Å². The molecule has 0 saturated carbocycles. The minimum atomic E-state index is -0.0534. The Balaban J connectivity index is 1.85. The predicted octanol–water partition coefficient (Wildman–Crippen LogP) is 1.60. The third-order valence-corrected chi connectivity index (χ3v) is 3.97. The molecule has 5 nitrogen and oxygen atoms in total. The van der Waals surface area contributed by atoms with Gasteiger partial charge in [-0.05, 0) is 31.2 Å². The Hall–Kier alpha value is -1.72. The number of halogens is 1. The zero-order valence-electron chi connectivity index (χ0n) is 11.1. The van der Waals surface area contributed by atoms with E-state index < -0.39 is 0 Å². The summed E-state index contributed by atoms with van der Waals surface area (Å²) in [6.07, 6.45) is 2.30. The summed E-state index contributed by atoms with van der Waals surface area (Å²) in [5.41, 5.74) is 1.86. The van der Waals surface area contributed by atoms with Crippen molar-refractivity contribution in [2.45, 2.75) is 19.0 Å². The monoisotopic (exact) mass is 290 g/mol. The van der Waals surface area contributed by atoms with Crippen LogP contribution in [0.25, 0.3) is 10.9 Å². The molecule has 2 aromatic rings. The van der Waals surface area contributed by atoms with Crippen LogP contribution in [-0.4, -0.2) is 40.4 Å². The summed E-state index contributed by atoms with van der Waals surface area (Å²) >= 11 is 6.08. The predicted molar refractivity (Wildman–Crippen MR) is 77.4 cm³/mol. The molecular formula is C14H15ClN4O. The average Bonchev–Trinajstić information content (AvgIpc) is 2.80. The maximum absolute atomic E-state index is 12.1. The van der Waals surface area contributed by atoms with Crippen LogP contribution in [0.3, 0.4) is 0 Å². The van der Waals surface area contributed by atoms with E-state index in [0.29, 0.717) is 11.7 Å². The minimum Gasteiger partial charge on any atom is -0.337 e. The van der Waals surface area contributed by atoms with Gasteiger partial charge in [0.15, 0.2) is 0 Å². The lowest BCUT2D eigenvalue weighted by molar-refractivity contribution is -0.129. The number of nitrogens with one attached hydrogen (secondary N) is 1. The Morgan fingerprint density at radius 2 is 2.30 bits per heavy atom. The summed E-state index contributed by atoms with van der Waals surface area (Å²) in [6, 6.07) is 5.79. The molecule has 1 N–H and O–H groups in total. The number of aromatic nitrogens is 2. The van der Waals surface area contributed by atoms with Crippen LogP contribution in [0.5, 0.6) is 0 Å². The molecular weight excluding hydrogens is 276 g/mol. The van der Waals surface area contributed by atoms with Crippen LogP contribution in [-0.2, 0) is 11.3 Å². The summed E-state index contributed by atoms with van der Waals surface area (Å²) in [7, 11) is 1.82. The quantitative estimate of drug-likeness (QED) is 0.873. The van der Waals surface area contributed by atoms with Crippen molar-refractivity contribution in [3.63, 3.8) is 0 Å². The number of hydrogen-bond acceptors (Lipinski definition) is 4. The van der Waals surface area contributed by atoms with Gasteiger partial charge in [-0.25, -0.2) is 9.97 Å². The number of likely N-dealkylation sites (N-methyl/N-ethyl adjacent to an activating group) is 1. The number of benzene rings is 1. The van der Waals surface area contributed by atoms with Crippen molar-refractivity contribution in [2.24, 2.45) is 0 Å². The van der Waals surface area contributed by atoms with Crippen molar-refractivity contribution < 1.29 is 4.79 Å². The highest BCUT2D eigenvalue weighted by Crippen LogP contribution is 2.22. The molecule has 3 rings (SSSR count). The molecule has 1 atom stereocenters.